The number of rotatable bonds is 4. The minimum Gasteiger partial charge on any atom is -0.459 e. The Morgan fingerprint density at radius 1 is 1.26 bits per heavy atom. The van der Waals surface area contributed by atoms with E-state index in [1.165, 1.54) is 4.31 Å². The number of hydrogen-bond donors (Lipinski definition) is 0. The lowest BCUT2D eigenvalue weighted by atomic mass is 10.2. The van der Waals surface area contributed by atoms with Crippen LogP contribution >= 0.6 is 0 Å². The van der Waals surface area contributed by atoms with Gasteiger partial charge in [0.1, 0.15) is 11.6 Å². The molecule has 19 heavy (non-hydrogen) atoms. The molecule has 1 atom stereocenters. The molecule has 0 radical (unpaired) electrons. The molecule has 0 aromatic rings. The molecule has 110 valence electrons. The predicted octanol–water partition coefficient (Wildman–Crippen LogP) is 1.53. The number of ether oxygens (including phenoxy) is 1. The molecule has 1 aliphatic heterocycles. The quantitative estimate of drug-likeness (QED) is 0.736. The van der Waals surface area contributed by atoms with Gasteiger partial charge in [-0.3, -0.25) is 4.79 Å². The second-order valence-electron chi connectivity index (χ2n) is 6.52. The fourth-order valence-corrected chi connectivity index (χ4v) is 4.46. The zero-order valence-electron chi connectivity index (χ0n) is 11.9. The minimum absolute atomic E-state index is 0.187. The number of nitrogens with zero attached hydrogens (tertiary/aromatic N) is 1. The van der Waals surface area contributed by atoms with E-state index in [1.54, 1.807) is 20.8 Å². The molecule has 0 N–H and O–H groups in total. The summed E-state index contributed by atoms with van der Waals surface area (Å²) in [6.07, 6.45) is 3.28. The van der Waals surface area contributed by atoms with Gasteiger partial charge in [0.15, 0.2) is 0 Å². The summed E-state index contributed by atoms with van der Waals surface area (Å²) in [6, 6.07) is -0.622. The van der Waals surface area contributed by atoms with Gasteiger partial charge in [0.25, 0.3) is 0 Å². The van der Waals surface area contributed by atoms with Gasteiger partial charge < -0.3 is 4.74 Å². The maximum atomic E-state index is 12.3. The molecular formula is C13H23NO4S. The van der Waals surface area contributed by atoms with Gasteiger partial charge in [-0.1, -0.05) is 0 Å². The molecule has 0 amide bonds. The van der Waals surface area contributed by atoms with Crippen LogP contribution < -0.4 is 0 Å². The Balaban J connectivity index is 2.05. The standard InChI is InChI=1S/C13H23NO4S/c1-13(2,3)18-12(15)11-5-4-8-14(11)19(16,17)9-10-6-7-10/h10-11H,4-9H2,1-3H3/t11-/m0/s1. The van der Waals surface area contributed by atoms with Crippen LogP contribution in [0.3, 0.4) is 0 Å². The first-order valence-corrected chi connectivity index (χ1v) is 8.52. The summed E-state index contributed by atoms with van der Waals surface area (Å²) in [5, 5.41) is 0. The Morgan fingerprint density at radius 3 is 2.42 bits per heavy atom. The first-order chi connectivity index (χ1) is 8.69. The Kier molecular flexibility index (Phi) is 3.93. The Labute approximate surface area is 115 Å². The average molecular weight is 289 g/mol. The third-order valence-electron chi connectivity index (χ3n) is 3.38. The van der Waals surface area contributed by atoms with Crippen molar-refractivity contribution < 1.29 is 17.9 Å². The third-order valence-corrected chi connectivity index (χ3v) is 5.43. The highest BCUT2D eigenvalue weighted by Crippen LogP contribution is 2.33. The molecule has 0 spiro atoms. The zero-order chi connectivity index (χ0) is 14.3. The number of esters is 1. The van der Waals surface area contributed by atoms with E-state index in [0.29, 0.717) is 18.9 Å². The fourth-order valence-electron chi connectivity index (χ4n) is 2.36. The molecule has 6 heteroatoms. The molecule has 0 unspecified atom stereocenters. The van der Waals surface area contributed by atoms with Crippen LogP contribution in [-0.4, -0.2) is 42.6 Å². The maximum absolute atomic E-state index is 12.3. The lowest BCUT2D eigenvalue weighted by Crippen LogP contribution is -2.44. The van der Waals surface area contributed by atoms with Crippen LogP contribution in [-0.2, 0) is 19.6 Å². The van der Waals surface area contributed by atoms with Crippen molar-refractivity contribution in [3.05, 3.63) is 0 Å². The summed E-state index contributed by atoms with van der Waals surface area (Å²) in [5.41, 5.74) is -0.578. The minimum atomic E-state index is -3.31. The number of sulfonamides is 1. The highest BCUT2D eigenvalue weighted by molar-refractivity contribution is 7.89. The van der Waals surface area contributed by atoms with Crippen molar-refractivity contribution in [2.75, 3.05) is 12.3 Å². The van der Waals surface area contributed by atoms with Gasteiger partial charge in [0.05, 0.1) is 5.75 Å². The zero-order valence-corrected chi connectivity index (χ0v) is 12.7. The topological polar surface area (TPSA) is 63.7 Å². The van der Waals surface area contributed by atoms with E-state index in [0.717, 1.165) is 19.3 Å². The smallest absolute Gasteiger partial charge is 0.324 e. The van der Waals surface area contributed by atoms with Crippen molar-refractivity contribution in [1.82, 2.24) is 4.31 Å². The van der Waals surface area contributed by atoms with Crippen LogP contribution in [0.4, 0.5) is 0 Å². The molecule has 1 saturated heterocycles. The van der Waals surface area contributed by atoms with E-state index >= 15 is 0 Å². The van der Waals surface area contributed by atoms with Crippen LogP contribution in [0.1, 0.15) is 46.5 Å². The van der Waals surface area contributed by atoms with E-state index in [-0.39, 0.29) is 5.75 Å². The molecule has 1 saturated carbocycles. The van der Waals surface area contributed by atoms with Crippen molar-refractivity contribution in [1.29, 1.82) is 0 Å². The first-order valence-electron chi connectivity index (χ1n) is 6.91. The Hall–Kier alpha value is -0.620. The molecule has 2 rings (SSSR count). The molecule has 2 aliphatic rings. The normalized spacial score (nSPS) is 25.5. The van der Waals surface area contributed by atoms with E-state index < -0.39 is 27.6 Å². The molecule has 2 fully saturated rings. The van der Waals surface area contributed by atoms with Gasteiger partial charge in [0, 0.05) is 6.54 Å². The fraction of sp³-hybridized carbons (Fsp3) is 0.923. The third kappa shape index (κ3) is 3.92. The van der Waals surface area contributed by atoms with Crippen molar-refractivity contribution >= 4 is 16.0 Å². The van der Waals surface area contributed by atoms with Crippen LogP contribution in [0.5, 0.6) is 0 Å². The molecule has 1 heterocycles. The van der Waals surface area contributed by atoms with Crippen LogP contribution in [0.25, 0.3) is 0 Å². The van der Waals surface area contributed by atoms with Crippen molar-refractivity contribution in [2.45, 2.75) is 58.1 Å². The molecule has 0 aromatic carbocycles. The van der Waals surface area contributed by atoms with Gasteiger partial charge in [-0.2, -0.15) is 4.31 Å². The van der Waals surface area contributed by atoms with Gasteiger partial charge >= 0.3 is 5.97 Å². The molecule has 0 bridgehead atoms. The molecule has 5 nitrogen and oxygen atoms in total. The van der Waals surface area contributed by atoms with E-state index in [2.05, 4.69) is 0 Å². The van der Waals surface area contributed by atoms with E-state index in [4.69, 9.17) is 4.74 Å². The summed E-state index contributed by atoms with van der Waals surface area (Å²) in [7, 11) is -3.31. The van der Waals surface area contributed by atoms with Crippen molar-refractivity contribution in [3.63, 3.8) is 0 Å². The first kappa shape index (κ1) is 14.8. The van der Waals surface area contributed by atoms with Crippen LogP contribution in [0.2, 0.25) is 0 Å². The second-order valence-corrected chi connectivity index (χ2v) is 8.49. The van der Waals surface area contributed by atoms with Crippen molar-refractivity contribution in [2.24, 2.45) is 5.92 Å². The SMILES string of the molecule is CC(C)(C)OC(=O)[C@@H]1CCCN1S(=O)(=O)CC1CC1. The Bertz CT molecular complexity index is 448. The summed E-state index contributed by atoms with van der Waals surface area (Å²) in [6.45, 7) is 5.83. The Morgan fingerprint density at radius 2 is 1.89 bits per heavy atom. The lowest BCUT2D eigenvalue weighted by molar-refractivity contribution is -0.158. The number of carbonyl (C=O) groups is 1. The number of hydrogen-bond acceptors (Lipinski definition) is 4. The summed E-state index contributed by atoms with van der Waals surface area (Å²) < 4.78 is 31.2. The van der Waals surface area contributed by atoms with Gasteiger partial charge in [-0.15, -0.1) is 0 Å². The van der Waals surface area contributed by atoms with E-state index in [1.807, 2.05) is 0 Å². The summed E-state index contributed by atoms with van der Waals surface area (Å²) >= 11 is 0. The van der Waals surface area contributed by atoms with Crippen molar-refractivity contribution in [3.8, 4) is 0 Å². The van der Waals surface area contributed by atoms with E-state index in [9.17, 15) is 13.2 Å². The second kappa shape index (κ2) is 5.05. The van der Waals surface area contributed by atoms with Crippen LogP contribution in [0.15, 0.2) is 0 Å². The summed E-state index contributed by atoms with van der Waals surface area (Å²) in [5.74, 6) is 0.0704. The molecular weight excluding hydrogens is 266 g/mol. The predicted molar refractivity (Wildman–Crippen MR) is 72.1 cm³/mol. The highest BCUT2D eigenvalue weighted by atomic mass is 32.2. The highest BCUT2D eigenvalue weighted by Gasteiger charge is 2.42. The lowest BCUT2D eigenvalue weighted by Gasteiger charge is -2.27. The monoisotopic (exact) mass is 289 g/mol. The molecule has 0 aromatic heterocycles. The van der Waals surface area contributed by atoms with Gasteiger partial charge in [0.2, 0.25) is 10.0 Å². The van der Waals surface area contributed by atoms with Crippen LogP contribution in [0, 0.1) is 5.92 Å². The average Bonchev–Trinajstić information content (AvgIpc) is 2.89. The summed E-state index contributed by atoms with van der Waals surface area (Å²) in [4.78, 5) is 12.1. The molecule has 1 aliphatic carbocycles. The largest absolute Gasteiger partial charge is 0.459 e. The van der Waals surface area contributed by atoms with Gasteiger partial charge in [-0.25, -0.2) is 8.42 Å². The maximum Gasteiger partial charge on any atom is 0.324 e. The number of carbonyl (C=O) groups excluding carboxylic acids is 1. The van der Waals surface area contributed by atoms with Gasteiger partial charge in [-0.05, 0) is 52.4 Å².